The third-order valence-corrected chi connectivity index (χ3v) is 1.57. The molecule has 0 radical (unpaired) electrons. The first kappa shape index (κ1) is 9.18. The maximum absolute atomic E-state index is 10.8. The van der Waals surface area contributed by atoms with Crippen LogP contribution in [0.2, 0.25) is 0 Å². The zero-order valence-electron chi connectivity index (χ0n) is 6.98. The minimum atomic E-state index is -0.875. The lowest BCUT2D eigenvalue weighted by Gasteiger charge is -2.02. The number of hydrogen-bond donors (Lipinski definition) is 1. The van der Waals surface area contributed by atoms with Gasteiger partial charge in [-0.2, -0.15) is 0 Å². The summed E-state index contributed by atoms with van der Waals surface area (Å²) in [6.07, 6.45) is 0. The first-order chi connectivity index (χ1) is 6.19. The van der Waals surface area contributed by atoms with Crippen LogP contribution < -0.4 is 10.5 Å². The number of rotatable bonds is 2. The van der Waals surface area contributed by atoms with E-state index < -0.39 is 5.91 Å². The summed E-state index contributed by atoms with van der Waals surface area (Å²) in [7, 11) is 1.48. The summed E-state index contributed by atoms with van der Waals surface area (Å²) < 4.78 is 4.86. The highest BCUT2D eigenvalue weighted by Crippen LogP contribution is 2.19. The van der Waals surface area contributed by atoms with Gasteiger partial charge < -0.3 is 10.5 Å². The molecule has 0 saturated heterocycles. The van der Waals surface area contributed by atoms with Gasteiger partial charge in [-0.15, -0.1) is 4.91 Å². The van der Waals surface area contributed by atoms with Crippen molar-refractivity contribution in [1.29, 1.82) is 0 Å². The van der Waals surface area contributed by atoms with Gasteiger partial charge in [0.25, 0.3) is 0 Å². The fraction of sp³-hybridized carbons (Fsp3) is 0.125. The van der Waals surface area contributed by atoms with Crippen molar-refractivity contribution in [2.75, 3.05) is 12.8 Å². The van der Waals surface area contributed by atoms with Crippen LogP contribution in [0.15, 0.2) is 23.4 Å². The molecule has 2 N–H and O–H groups in total. The molecule has 68 valence electrons. The van der Waals surface area contributed by atoms with Crippen molar-refractivity contribution in [2.24, 2.45) is 5.18 Å². The van der Waals surface area contributed by atoms with Gasteiger partial charge in [0.05, 0.1) is 12.7 Å². The molecule has 0 heterocycles. The topological polar surface area (TPSA) is 81.8 Å². The number of anilines is 1. The van der Waals surface area contributed by atoms with E-state index in [4.69, 9.17) is 10.5 Å². The zero-order valence-corrected chi connectivity index (χ0v) is 6.98. The molecule has 1 amide bonds. The van der Waals surface area contributed by atoms with Crippen LogP contribution in [0.25, 0.3) is 0 Å². The number of amides is 1. The van der Waals surface area contributed by atoms with Crippen LogP contribution in [0.4, 0.5) is 5.69 Å². The molecule has 0 spiro atoms. The highest BCUT2D eigenvalue weighted by atomic mass is 16.5. The van der Waals surface area contributed by atoms with E-state index in [1.54, 1.807) is 0 Å². The molecule has 0 aromatic heterocycles. The predicted molar refractivity (Wildman–Crippen MR) is 47.5 cm³/mol. The second-order valence-electron chi connectivity index (χ2n) is 2.35. The maximum atomic E-state index is 10.8. The third kappa shape index (κ3) is 1.81. The Kier molecular flexibility index (Phi) is 2.59. The molecule has 13 heavy (non-hydrogen) atoms. The normalized spacial score (nSPS) is 9.31. The predicted octanol–water partition coefficient (Wildman–Crippen LogP) is 1.18. The molecule has 5 heteroatoms. The molecule has 0 aliphatic heterocycles. The average molecular weight is 180 g/mol. The molecule has 0 unspecified atom stereocenters. The van der Waals surface area contributed by atoms with Crippen LogP contribution in [0, 0.1) is 4.91 Å². The molecule has 1 aromatic rings. The molecule has 0 bridgehead atoms. The molecule has 1 aromatic carbocycles. The van der Waals surface area contributed by atoms with Crippen molar-refractivity contribution < 1.29 is 9.53 Å². The van der Waals surface area contributed by atoms with E-state index in [0.29, 0.717) is 5.75 Å². The van der Waals surface area contributed by atoms with E-state index in [-0.39, 0.29) is 11.3 Å². The molecule has 0 atom stereocenters. The van der Waals surface area contributed by atoms with Crippen LogP contribution >= 0.6 is 0 Å². The zero-order chi connectivity index (χ0) is 9.84. The lowest BCUT2D eigenvalue weighted by Crippen LogP contribution is -2.00. The fourth-order valence-corrected chi connectivity index (χ4v) is 0.912. The summed E-state index contributed by atoms with van der Waals surface area (Å²) in [5.41, 5.74) is 5.75. The van der Waals surface area contributed by atoms with E-state index >= 15 is 0 Å². The number of nitrogens with two attached hydrogens (primary N) is 1. The molecule has 5 nitrogen and oxygen atoms in total. The number of nitroso groups, excluding NO2 is 1. The van der Waals surface area contributed by atoms with Crippen LogP contribution in [-0.4, -0.2) is 13.0 Å². The van der Waals surface area contributed by atoms with Crippen LogP contribution in [0.1, 0.15) is 10.4 Å². The number of ether oxygens (including phenoxy) is 1. The van der Waals surface area contributed by atoms with Gasteiger partial charge in [-0.05, 0) is 12.1 Å². The number of methoxy groups -OCH3 is 1. The number of benzene rings is 1. The maximum Gasteiger partial charge on any atom is 0.318 e. The quantitative estimate of drug-likeness (QED) is 0.547. The first-order valence-electron chi connectivity index (χ1n) is 3.50. The molecule has 0 aliphatic rings. The molecule has 0 aliphatic carbocycles. The summed E-state index contributed by atoms with van der Waals surface area (Å²) >= 11 is 0. The van der Waals surface area contributed by atoms with Crippen molar-refractivity contribution in [3.63, 3.8) is 0 Å². The van der Waals surface area contributed by atoms with Crippen molar-refractivity contribution >= 4 is 11.6 Å². The van der Waals surface area contributed by atoms with Crippen LogP contribution in [0.5, 0.6) is 5.75 Å². The molecule has 1 rings (SSSR count). The Morgan fingerprint density at radius 3 is 2.69 bits per heavy atom. The fourth-order valence-electron chi connectivity index (χ4n) is 0.912. The van der Waals surface area contributed by atoms with E-state index in [2.05, 4.69) is 5.18 Å². The summed E-state index contributed by atoms with van der Waals surface area (Å²) in [6, 6.07) is 4.39. The minimum Gasteiger partial charge on any atom is -0.497 e. The number of hydrogen-bond acceptors (Lipinski definition) is 4. The second-order valence-corrected chi connectivity index (χ2v) is 2.35. The standard InChI is InChI=1S/C8H8N2O3/c1-13-5-2-3-6(7(9)4-5)8(11)10-12/h2-4H,9H2,1H3. The van der Waals surface area contributed by atoms with Crippen molar-refractivity contribution in [3.05, 3.63) is 28.7 Å². The second kappa shape index (κ2) is 3.66. The van der Waals surface area contributed by atoms with E-state index in [1.807, 2.05) is 0 Å². The number of carbonyl (C=O) groups excluding carboxylic acids is 1. The Balaban J connectivity index is 3.12. The lowest BCUT2D eigenvalue weighted by molar-refractivity contribution is 0.100. The molecule has 0 saturated carbocycles. The number of nitrogens with zero attached hydrogens (tertiary/aromatic N) is 1. The van der Waals surface area contributed by atoms with Crippen molar-refractivity contribution in [3.8, 4) is 5.75 Å². The summed E-state index contributed by atoms with van der Waals surface area (Å²) in [5.74, 6) is -0.347. The largest absolute Gasteiger partial charge is 0.497 e. The van der Waals surface area contributed by atoms with Crippen LogP contribution in [0.3, 0.4) is 0 Å². The first-order valence-corrected chi connectivity index (χ1v) is 3.50. The van der Waals surface area contributed by atoms with Gasteiger partial charge in [-0.1, -0.05) is 0 Å². The number of carbonyl (C=O) groups is 1. The summed E-state index contributed by atoms with van der Waals surface area (Å²) in [5, 5.41) is 2.27. The van der Waals surface area contributed by atoms with Gasteiger partial charge in [0, 0.05) is 16.9 Å². The average Bonchev–Trinajstić information content (AvgIpc) is 2.16. The Morgan fingerprint density at radius 2 is 2.23 bits per heavy atom. The Hall–Kier alpha value is -1.91. The Labute approximate surface area is 74.5 Å². The van der Waals surface area contributed by atoms with Gasteiger partial charge in [-0.3, -0.25) is 4.79 Å². The van der Waals surface area contributed by atoms with E-state index in [1.165, 1.54) is 25.3 Å². The van der Waals surface area contributed by atoms with Gasteiger partial charge in [0.15, 0.2) is 0 Å². The highest BCUT2D eigenvalue weighted by Gasteiger charge is 2.09. The Bertz CT molecular complexity index is 349. The summed E-state index contributed by atoms with van der Waals surface area (Å²) in [4.78, 5) is 20.8. The monoisotopic (exact) mass is 180 g/mol. The molecule has 0 fully saturated rings. The van der Waals surface area contributed by atoms with E-state index in [0.717, 1.165) is 0 Å². The lowest BCUT2D eigenvalue weighted by atomic mass is 10.1. The number of nitrogen functional groups attached to an aromatic ring is 1. The van der Waals surface area contributed by atoms with Crippen molar-refractivity contribution in [2.45, 2.75) is 0 Å². The summed E-state index contributed by atoms with van der Waals surface area (Å²) in [6.45, 7) is 0. The van der Waals surface area contributed by atoms with Gasteiger partial charge in [0.2, 0.25) is 0 Å². The van der Waals surface area contributed by atoms with Gasteiger partial charge >= 0.3 is 5.91 Å². The smallest absolute Gasteiger partial charge is 0.318 e. The van der Waals surface area contributed by atoms with E-state index in [9.17, 15) is 9.70 Å². The highest BCUT2D eigenvalue weighted by molar-refractivity contribution is 5.99. The van der Waals surface area contributed by atoms with Gasteiger partial charge in [-0.25, -0.2) is 0 Å². The SMILES string of the molecule is COc1ccc(C(=O)N=O)c(N)c1. The van der Waals surface area contributed by atoms with Crippen LogP contribution in [-0.2, 0) is 0 Å². The third-order valence-electron chi connectivity index (χ3n) is 1.57. The minimum absolute atomic E-state index is 0.0933. The molecular formula is C8H8N2O3. The van der Waals surface area contributed by atoms with Gasteiger partial charge in [0.1, 0.15) is 5.75 Å². The Morgan fingerprint density at radius 1 is 1.54 bits per heavy atom. The van der Waals surface area contributed by atoms with Crippen molar-refractivity contribution in [1.82, 2.24) is 0 Å². The molecular weight excluding hydrogens is 172 g/mol.